The minimum Gasteiger partial charge on any atom is -0.481 e. The lowest BCUT2D eigenvalue weighted by atomic mass is 9.97. The number of carbonyl (C=O) groups is 2. The second kappa shape index (κ2) is 11.1. The summed E-state index contributed by atoms with van der Waals surface area (Å²) in [5.74, 6) is -1.20. The average Bonchev–Trinajstić information content (AvgIpc) is 2.60. The number of aliphatic imine (C=N–C) groups is 1. The molecule has 0 saturated heterocycles. The molecule has 0 aromatic rings. The number of allylic oxidation sites excluding steroid dienone is 5. The number of carboxylic acid groups (broad SMARTS) is 1. The molecule has 0 fully saturated rings. The minimum absolute atomic E-state index is 0.0543. The van der Waals surface area contributed by atoms with E-state index in [9.17, 15) is 9.59 Å². The van der Waals surface area contributed by atoms with Crippen molar-refractivity contribution in [3.63, 3.8) is 0 Å². The van der Waals surface area contributed by atoms with Gasteiger partial charge in [0.1, 0.15) is 0 Å². The monoisotopic (exact) mass is 371 g/mol. The van der Waals surface area contributed by atoms with Gasteiger partial charge < -0.3 is 15.7 Å². The van der Waals surface area contributed by atoms with Crippen LogP contribution in [-0.2, 0) is 9.59 Å². The summed E-state index contributed by atoms with van der Waals surface area (Å²) in [5, 5.41) is 14.8. The van der Waals surface area contributed by atoms with E-state index in [1.54, 1.807) is 18.2 Å². The summed E-state index contributed by atoms with van der Waals surface area (Å²) in [6.07, 6.45) is 9.03. The highest BCUT2D eigenvalue weighted by Crippen LogP contribution is 2.19. The van der Waals surface area contributed by atoms with Crippen LogP contribution in [0.2, 0.25) is 0 Å². The molecule has 0 bridgehead atoms. The van der Waals surface area contributed by atoms with E-state index < -0.39 is 5.97 Å². The lowest BCUT2D eigenvalue weighted by Gasteiger charge is -2.24. The molecule has 0 heterocycles. The van der Waals surface area contributed by atoms with Crippen LogP contribution in [0, 0.1) is 5.92 Å². The largest absolute Gasteiger partial charge is 0.481 e. The second-order valence-corrected chi connectivity index (χ2v) is 6.28. The molecule has 146 valence electrons. The maximum Gasteiger partial charge on any atom is 0.303 e. The van der Waals surface area contributed by atoms with Crippen LogP contribution in [0.5, 0.6) is 0 Å². The molecule has 6 nitrogen and oxygen atoms in total. The quantitative estimate of drug-likeness (QED) is 0.515. The first-order chi connectivity index (χ1) is 12.8. The summed E-state index contributed by atoms with van der Waals surface area (Å²) in [6, 6.07) is -0.0543. The third-order valence-corrected chi connectivity index (χ3v) is 4.02. The number of likely N-dealkylation sites (N-methyl/N-ethyl adjacent to an activating group) is 1. The van der Waals surface area contributed by atoms with Gasteiger partial charge in [-0.25, -0.2) is 4.99 Å². The Labute approximate surface area is 161 Å². The Kier molecular flexibility index (Phi) is 9.16. The first-order valence-electron chi connectivity index (χ1n) is 9.03. The Hall–Kier alpha value is -2.73. The summed E-state index contributed by atoms with van der Waals surface area (Å²) in [7, 11) is 0. The predicted molar refractivity (Wildman–Crippen MR) is 109 cm³/mol. The van der Waals surface area contributed by atoms with Crippen molar-refractivity contribution < 1.29 is 14.7 Å². The number of nitrogens with zero attached hydrogens (tertiary/aromatic N) is 1. The molecule has 3 N–H and O–H groups in total. The summed E-state index contributed by atoms with van der Waals surface area (Å²) in [5.41, 5.74) is 2.32. The van der Waals surface area contributed by atoms with E-state index in [1.165, 1.54) is 0 Å². The summed E-state index contributed by atoms with van der Waals surface area (Å²) >= 11 is 0. The fraction of sp³-hybridized carbons (Fsp3) is 0.381. The van der Waals surface area contributed by atoms with E-state index in [2.05, 4.69) is 41.8 Å². The molecule has 0 aromatic heterocycles. The van der Waals surface area contributed by atoms with Crippen molar-refractivity contribution in [1.29, 1.82) is 0 Å². The van der Waals surface area contributed by atoms with Crippen LogP contribution in [-0.4, -0.2) is 35.3 Å². The molecule has 0 spiro atoms. The van der Waals surface area contributed by atoms with Crippen LogP contribution in [0.15, 0.2) is 65.5 Å². The number of nitrogens with one attached hydrogen (secondary N) is 2. The molecule has 1 aliphatic carbocycles. The Morgan fingerprint density at radius 1 is 1.37 bits per heavy atom. The number of hydrogen-bond donors (Lipinski definition) is 3. The van der Waals surface area contributed by atoms with Crippen LogP contribution in [0.4, 0.5) is 0 Å². The van der Waals surface area contributed by atoms with Gasteiger partial charge in [0.15, 0.2) is 0 Å². The first kappa shape index (κ1) is 22.3. The normalized spacial score (nSPS) is 17.7. The number of aliphatic carboxylic acids is 1. The smallest absolute Gasteiger partial charge is 0.303 e. The van der Waals surface area contributed by atoms with Crippen molar-refractivity contribution in [2.24, 2.45) is 10.9 Å². The molecule has 1 aliphatic rings. The topological polar surface area (TPSA) is 90.8 Å². The van der Waals surface area contributed by atoms with Gasteiger partial charge >= 0.3 is 5.97 Å². The molecular weight excluding hydrogens is 342 g/mol. The van der Waals surface area contributed by atoms with Crippen LogP contribution >= 0.6 is 0 Å². The summed E-state index contributed by atoms with van der Waals surface area (Å²) < 4.78 is 0. The van der Waals surface area contributed by atoms with E-state index in [0.29, 0.717) is 22.7 Å². The van der Waals surface area contributed by atoms with Crippen molar-refractivity contribution in [3.05, 3.63) is 60.5 Å². The van der Waals surface area contributed by atoms with Crippen LogP contribution < -0.4 is 10.6 Å². The van der Waals surface area contributed by atoms with Crippen molar-refractivity contribution in [2.45, 2.75) is 39.7 Å². The standard InChI is InChI=1S/C21H29N3O3/c1-6-9-14(3)20(22-7-2)16(5)23-21-15(4)10-8-11-17(21)24-18(25)12-13-19(26)27/h6,8-11,14,20,22H,4-5,7,12-13H2,1-3H3,(H,24,25)(H,26,27)/b9-6-,23-21?. The number of amides is 1. The zero-order chi connectivity index (χ0) is 20.4. The molecule has 1 amide bonds. The van der Waals surface area contributed by atoms with Gasteiger partial charge in [-0.05, 0) is 31.0 Å². The molecular formula is C21H29N3O3. The molecule has 0 aromatic carbocycles. The van der Waals surface area contributed by atoms with Crippen molar-refractivity contribution in [2.75, 3.05) is 6.54 Å². The van der Waals surface area contributed by atoms with Gasteiger partial charge in [-0.3, -0.25) is 9.59 Å². The molecule has 6 heteroatoms. The SMILES string of the molecule is C=C1C=CC=C(NC(=O)CCC(=O)O)C1=NC(=C)C(NCC)C(C)/C=C\C. The van der Waals surface area contributed by atoms with E-state index in [-0.39, 0.29) is 30.7 Å². The van der Waals surface area contributed by atoms with Crippen molar-refractivity contribution >= 4 is 17.6 Å². The van der Waals surface area contributed by atoms with E-state index in [1.807, 2.05) is 19.9 Å². The van der Waals surface area contributed by atoms with Gasteiger partial charge in [0.2, 0.25) is 5.91 Å². The van der Waals surface area contributed by atoms with Gasteiger partial charge in [0.05, 0.1) is 29.6 Å². The number of carbonyl (C=O) groups excluding carboxylic acids is 1. The minimum atomic E-state index is -1.01. The zero-order valence-electron chi connectivity index (χ0n) is 16.3. The van der Waals surface area contributed by atoms with E-state index in [0.717, 1.165) is 6.54 Å². The molecule has 2 atom stereocenters. The Bertz CT molecular complexity index is 714. The molecule has 0 aliphatic heterocycles. The van der Waals surface area contributed by atoms with Crippen molar-refractivity contribution in [1.82, 2.24) is 10.6 Å². The van der Waals surface area contributed by atoms with Crippen LogP contribution in [0.3, 0.4) is 0 Å². The fourth-order valence-electron chi connectivity index (χ4n) is 2.71. The third-order valence-electron chi connectivity index (χ3n) is 4.02. The first-order valence-corrected chi connectivity index (χ1v) is 9.03. The highest BCUT2D eigenvalue weighted by Gasteiger charge is 2.21. The Morgan fingerprint density at radius 2 is 2.07 bits per heavy atom. The Balaban J connectivity index is 3.03. The van der Waals surface area contributed by atoms with E-state index >= 15 is 0 Å². The van der Waals surface area contributed by atoms with Gasteiger partial charge in [-0.15, -0.1) is 0 Å². The summed E-state index contributed by atoms with van der Waals surface area (Å²) in [4.78, 5) is 27.3. The zero-order valence-corrected chi connectivity index (χ0v) is 16.3. The van der Waals surface area contributed by atoms with Gasteiger partial charge in [-0.2, -0.15) is 0 Å². The van der Waals surface area contributed by atoms with Gasteiger partial charge in [0, 0.05) is 6.42 Å². The number of carboxylic acids is 1. The highest BCUT2D eigenvalue weighted by atomic mass is 16.4. The highest BCUT2D eigenvalue weighted by molar-refractivity contribution is 6.16. The molecule has 2 unspecified atom stereocenters. The van der Waals surface area contributed by atoms with Crippen molar-refractivity contribution in [3.8, 4) is 0 Å². The lowest BCUT2D eigenvalue weighted by Crippen LogP contribution is -2.36. The predicted octanol–water partition coefficient (Wildman–Crippen LogP) is 3.12. The second-order valence-electron chi connectivity index (χ2n) is 6.28. The summed E-state index contributed by atoms with van der Waals surface area (Å²) in [6.45, 7) is 14.9. The third kappa shape index (κ3) is 7.19. The van der Waals surface area contributed by atoms with Crippen LogP contribution in [0.1, 0.15) is 33.6 Å². The maximum atomic E-state index is 12.0. The number of rotatable bonds is 10. The molecule has 0 radical (unpaired) electrons. The Morgan fingerprint density at radius 3 is 2.67 bits per heavy atom. The van der Waals surface area contributed by atoms with E-state index in [4.69, 9.17) is 5.11 Å². The molecule has 27 heavy (non-hydrogen) atoms. The van der Waals surface area contributed by atoms with Gasteiger partial charge in [-0.1, -0.05) is 51.3 Å². The van der Waals surface area contributed by atoms with Crippen LogP contribution in [0.25, 0.3) is 0 Å². The molecule has 1 rings (SSSR count). The molecule has 0 saturated carbocycles. The maximum absolute atomic E-state index is 12.0. The lowest BCUT2D eigenvalue weighted by molar-refractivity contribution is -0.138. The average molecular weight is 371 g/mol. The fourth-order valence-corrected chi connectivity index (χ4v) is 2.71. The number of hydrogen-bond acceptors (Lipinski definition) is 4. The van der Waals surface area contributed by atoms with Gasteiger partial charge in [0.25, 0.3) is 0 Å².